The van der Waals surface area contributed by atoms with Gasteiger partial charge in [0.1, 0.15) is 5.56 Å². The van der Waals surface area contributed by atoms with Crippen LogP contribution in [0.3, 0.4) is 0 Å². The van der Waals surface area contributed by atoms with Crippen LogP contribution in [0.25, 0.3) is 0 Å². The minimum absolute atomic E-state index is 0.452. The highest BCUT2D eigenvalue weighted by Gasteiger charge is 2.40. The number of anilines is 1. The number of amides is 1. The van der Waals surface area contributed by atoms with Gasteiger partial charge in [-0.3, -0.25) is 19.7 Å². The standard InChI is InChI=1S/C9H3F2N3O5/c10-2-1-3-4(7(5(2)11)14(18)19)6(13-17)8(15)9(16)12-3/h1,17H,(H,12,16)/b13-6-. The topological polar surface area (TPSA) is 122 Å². The second kappa shape index (κ2) is 4.08. The molecular formula is C9H3F2N3O5. The predicted octanol–water partition coefficient (Wildman–Crippen LogP) is 0.573. The number of ketones is 1. The molecule has 1 heterocycles. The van der Waals surface area contributed by atoms with E-state index in [0.717, 1.165) is 0 Å². The number of Topliss-reactive ketones (excluding diaryl/α,β-unsaturated/α-hetero) is 1. The van der Waals surface area contributed by atoms with Crippen LogP contribution in [0.1, 0.15) is 5.56 Å². The van der Waals surface area contributed by atoms with E-state index in [2.05, 4.69) is 5.16 Å². The van der Waals surface area contributed by atoms with Gasteiger partial charge in [-0.2, -0.15) is 4.39 Å². The van der Waals surface area contributed by atoms with Gasteiger partial charge in [-0.25, -0.2) is 4.39 Å². The van der Waals surface area contributed by atoms with Crippen molar-refractivity contribution in [2.45, 2.75) is 0 Å². The Morgan fingerprint density at radius 3 is 2.53 bits per heavy atom. The van der Waals surface area contributed by atoms with E-state index in [4.69, 9.17) is 5.21 Å². The highest BCUT2D eigenvalue weighted by atomic mass is 19.2. The zero-order valence-corrected chi connectivity index (χ0v) is 8.81. The molecule has 1 aliphatic heterocycles. The fourth-order valence-corrected chi connectivity index (χ4v) is 1.62. The number of nitro benzene ring substituents is 1. The third-order valence-corrected chi connectivity index (χ3v) is 2.38. The molecule has 0 bridgehead atoms. The van der Waals surface area contributed by atoms with Crippen molar-refractivity contribution in [2.24, 2.45) is 5.16 Å². The number of oxime groups is 1. The molecule has 2 rings (SSSR count). The Bertz CT molecular complexity index is 670. The van der Waals surface area contributed by atoms with E-state index < -0.39 is 50.9 Å². The van der Waals surface area contributed by atoms with Gasteiger partial charge in [-0.15, -0.1) is 0 Å². The molecule has 0 saturated carbocycles. The number of nitrogens with one attached hydrogen (secondary N) is 1. The molecule has 0 fully saturated rings. The van der Waals surface area contributed by atoms with E-state index in [-0.39, 0.29) is 0 Å². The Morgan fingerprint density at radius 2 is 2.00 bits per heavy atom. The first-order valence-corrected chi connectivity index (χ1v) is 4.63. The Hall–Kier alpha value is -2.91. The molecule has 1 aliphatic rings. The third-order valence-electron chi connectivity index (χ3n) is 2.38. The molecule has 0 unspecified atom stereocenters. The maximum absolute atomic E-state index is 13.4. The van der Waals surface area contributed by atoms with Crippen LogP contribution in [-0.2, 0) is 9.59 Å². The first-order chi connectivity index (χ1) is 8.88. The molecular weight excluding hydrogens is 268 g/mol. The van der Waals surface area contributed by atoms with E-state index in [1.807, 2.05) is 5.32 Å². The molecule has 1 amide bonds. The molecule has 98 valence electrons. The lowest BCUT2D eigenvalue weighted by Gasteiger charge is -2.16. The highest BCUT2D eigenvalue weighted by molar-refractivity contribution is 6.72. The fraction of sp³-hybridized carbons (Fsp3) is 0. The van der Waals surface area contributed by atoms with Crippen LogP contribution < -0.4 is 5.32 Å². The number of rotatable bonds is 1. The van der Waals surface area contributed by atoms with Gasteiger partial charge in [0, 0.05) is 6.07 Å². The van der Waals surface area contributed by atoms with Gasteiger partial charge in [0.05, 0.1) is 10.6 Å². The number of hydrogen-bond donors (Lipinski definition) is 2. The molecule has 0 aliphatic carbocycles. The Labute approximate surface area is 102 Å². The zero-order valence-electron chi connectivity index (χ0n) is 8.81. The molecule has 10 heteroatoms. The molecule has 8 nitrogen and oxygen atoms in total. The molecule has 0 radical (unpaired) electrons. The van der Waals surface area contributed by atoms with Gasteiger partial charge < -0.3 is 10.5 Å². The van der Waals surface area contributed by atoms with Crippen molar-refractivity contribution < 1.29 is 28.5 Å². The van der Waals surface area contributed by atoms with E-state index in [1.165, 1.54) is 0 Å². The third kappa shape index (κ3) is 1.69. The normalized spacial score (nSPS) is 16.2. The minimum atomic E-state index is -1.83. The van der Waals surface area contributed by atoms with Crippen LogP contribution in [0.2, 0.25) is 0 Å². The first-order valence-electron chi connectivity index (χ1n) is 4.63. The number of nitrogens with zero attached hydrogens (tertiary/aromatic N) is 2. The second-order valence-corrected chi connectivity index (χ2v) is 3.43. The number of halogens is 2. The summed E-state index contributed by atoms with van der Waals surface area (Å²) in [6.07, 6.45) is 0. The molecule has 1 aromatic carbocycles. The van der Waals surface area contributed by atoms with E-state index in [9.17, 15) is 28.5 Å². The molecule has 19 heavy (non-hydrogen) atoms. The summed E-state index contributed by atoms with van der Waals surface area (Å²) in [5, 5.41) is 23.7. The maximum atomic E-state index is 13.4. The van der Waals surface area contributed by atoms with Crippen LogP contribution in [0, 0.1) is 21.7 Å². The van der Waals surface area contributed by atoms with Gasteiger partial charge in [-0.05, 0) is 0 Å². The van der Waals surface area contributed by atoms with Crippen molar-refractivity contribution >= 4 is 28.8 Å². The second-order valence-electron chi connectivity index (χ2n) is 3.43. The maximum Gasteiger partial charge on any atom is 0.319 e. The van der Waals surface area contributed by atoms with Crippen LogP contribution in [0.15, 0.2) is 11.2 Å². The van der Waals surface area contributed by atoms with Crippen molar-refractivity contribution in [3.63, 3.8) is 0 Å². The van der Waals surface area contributed by atoms with Gasteiger partial charge in [0.2, 0.25) is 5.82 Å². The van der Waals surface area contributed by atoms with Crippen LogP contribution in [0.4, 0.5) is 20.2 Å². The summed E-state index contributed by atoms with van der Waals surface area (Å²) in [6.45, 7) is 0. The van der Waals surface area contributed by atoms with Crippen molar-refractivity contribution in [2.75, 3.05) is 5.32 Å². The molecule has 0 atom stereocenters. The highest BCUT2D eigenvalue weighted by Crippen LogP contribution is 2.34. The minimum Gasteiger partial charge on any atom is -0.410 e. The number of carbonyl (C=O) groups excluding carboxylic acids is 2. The molecule has 0 spiro atoms. The summed E-state index contributed by atoms with van der Waals surface area (Å²) < 4.78 is 26.6. The summed E-state index contributed by atoms with van der Waals surface area (Å²) in [7, 11) is 0. The molecule has 1 aromatic rings. The molecule has 2 N–H and O–H groups in total. The number of hydrogen-bond acceptors (Lipinski definition) is 6. The smallest absolute Gasteiger partial charge is 0.319 e. The van der Waals surface area contributed by atoms with Crippen molar-refractivity contribution in [3.05, 3.63) is 33.4 Å². The lowest BCUT2D eigenvalue weighted by atomic mass is 9.97. The lowest BCUT2D eigenvalue weighted by molar-refractivity contribution is -0.387. The largest absolute Gasteiger partial charge is 0.410 e. The zero-order chi connectivity index (χ0) is 14.3. The van der Waals surface area contributed by atoms with Crippen molar-refractivity contribution in [1.29, 1.82) is 0 Å². The van der Waals surface area contributed by atoms with Gasteiger partial charge in [0.25, 0.3) is 11.7 Å². The Morgan fingerprint density at radius 1 is 1.37 bits per heavy atom. The van der Waals surface area contributed by atoms with Gasteiger partial charge in [0.15, 0.2) is 11.5 Å². The average Bonchev–Trinajstić information content (AvgIpc) is 2.33. The summed E-state index contributed by atoms with van der Waals surface area (Å²) in [6, 6.07) is 0.452. The summed E-state index contributed by atoms with van der Waals surface area (Å²) >= 11 is 0. The summed E-state index contributed by atoms with van der Waals surface area (Å²) in [5.74, 6) is -6.09. The van der Waals surface area contributed by atoms with Gasteiger partial charge >= 0.3 is 5.69 Å². The predicted molar refractivity (Wildman–Crippen MR) is 55.0 cm³/mol. The number of carbonyl (C=O) groups is 2. The number of nitro groups is 1. The number of benzene rings is 1. The summed E-state index contributed by atoms with van der Waals surface area (Å²) in [5.41, 5.74) is -3.72. The SMILES string of the molecule is O=C1Nc2cc(F)c(F)c([N+](=O)[O-])c2/C(=N/O)C1=O. The lowest BCUT2D eigenvalue weighted by Crippen LogP contribution is -2.37. The van der Waals surface area contributed by atoms with E-state index in [1.54, 1.807) is 0 Å². The van der Waals surface area contributed by atoms with Crippen molar-refractivity contribution in [1.82, 2.24) is 0 Å². The monoisotopic (exact) mass is 271 g/mol. The Kier molecular flexibility index (Phi) is 2.70. The molecule has 0 saturated heterocycles. The first kappa shape index (κ1) is 12.5. The Balaban J connectivity index is 2.90. The van der Waals surface area contributed by atoms with Crippen molar-refractivity contribution in [3.8, 4) is 0 Å². The van der Waals surface area contributed by atoms with Gasteiger partial charge in [-0.1, -0.05) is 5.16 Å². The quantitative estimate of drug-likeness (QED) is 0.334. The van der Waals surface area contributed by atoms with E-state index in [0.29, 0.717) is 6.07 Å². The summed E-state index contributed by atoms with van der Waals surface area (Å²) in [4.78, 5) is 32.0. The number of fused-ring (bicyclic) bond motifs is 1. The fourth-order valence-electron chi connectivity index (χ4n) is 1.62. The van der Waals surface area contributed by atoms with E-state index >= 15 is 0 Å². The van der Waals surface area contributed by atoms with Crippen LogP contribution in [-0.4, -0.2) is 27.5 Å². The van der Waals surface area contributed by atoms with Crippen LogP contribution in [0.5, 0.6) is 0 Å². The average molecular weight is 271 g/mol. The van der Waals surface area contributed by atoms with Crippen LogP contribution >= 0.6 is 0 Å². The molecule has 0 aromatic heterocycles.